The molecule has 0 aliphatic carbocycles. The Kier molecular flexibility index (Phi) is 3.70. The third-order valence-electron chi connectivity index (χ3n) is 2.46. The highest BCUT2D eigenvalue weighted by Crippen LogP contribution is 2.26. The van der Waals surface area contributed by atoms with Gasteiger partial charge in [-0.1, -0.05) is 0 Å². The monoisotopic (exact) mass is 241 g/mol. The number of hydrogen-bond acceptors (Lipinski definition) is 4. The summed E-state index contributed by atoms with van der Waals surface area (Å²) in [6.45, 7) is 1.11. The molecule has 1 fully saturated rings. The summed E-state index contributed by atoms with van der Waals surface area (Å²) >= 11 is 0. The van der Waals surface area contributed by atoms with Gasteiger partial charge in [0.1, 0.15) is 11.8 Å². The maximum absolute atomic E-state index is 10.5. The standard InChI is InChI=1S/C9H10B3N3O3/c10-9(11,12)15-3-7(13-5-16)8(14-15)18-6-1-2-17-4-6/h3,5-6H,1-2,4H2,(H,13,16). The summed E-state index contributed by atoms with van der Waals surface area (Å²) in [5.74, 6) is 0.211. The predicted octanol–water partition coefficient (Wildman–Crippen LogP) is -1.31. The van der Waals surface area contributed by atoms with E-state index in [0.29, 0.717) is 25.3 Å². The van der Waals surface area contributed by atoms with Gasteiger partial charge in [0.05, 0.1) is 42.9 Å². The van der Waals surface area contributed by atoms with Crippen LogP contribution in [0.4, 0.5) is 5.69 Å². The maximum Gasteiger partial charge on any atom is 0.257 e. The number of hydrogen-bond donors (Lipinski definition) is 1. The van der Waals surface area contributed by atoms with E-state index in [-0.39, 0.29) is 12.0 Å². The molecular weight excluding hydrogens is 231 g/mol. The van der Waals surface area contributed by atoms with Gasteiger partial charge in [0.15, 0.2) is 0 Å². The minimum absolute atomic E-state index is 0.108. The Balaban J connectivity index is 2.20. The number of ether oxygens (including phenoxy) is 2. The van der Waals surface area contributed by atoms with E-state index in [1.165, 1.54) is 6.20 Å². The van der Waals surface area contributed by atoms with Gasteiger partial charge >= 0.3 is 0 Å². The second kappa shape index (κ2) is 5.10. The van der Waals surface area contributed by atoms with Crippen LogP contribution >= 0.6 is 0 Å². The lowest BCUT2D eigenvalue weighted by molar-refractivity contribution is -0.105. The van der Waals surface area contributed by atoms with Crippen molar-refractivity contribution >= 4 is 35.6 Å². The van der Waals surface area contributed by atoms with E-state index < -0.39 is 5.24 Å². The Labute approximate surface area is 109 Å². The van der Waals surface area contributed by atoms with Crippen LogP contribution in [0.1, 0.15) is 6.42 Å². The summed E-state index contributed by atoms with van der Waals surface area (Å²) in [7, 11) is 16.5. The summed E-state index contributed by atoms with van der Waals surface area (Å²) in [6.07, 6.45) is 2.56. The van der Waals surface area contributed by atoms with Crippen LogP contribution in [0.15, 0.2) is 6.20 Å². The van der Waals surface area contributed by atoms with Crippen LogP contribution in [0.5, 0.6) is 5.88 Å². The van der Waals surface area contributed by atoms with E-state index in [2.05, 4.69) is 10.4 Å². The van der Waals surface area contributed by atoms with Crippen LogP contribution in [0.2, 0.25) is 0 Å². The third-order valence-corrected chi connectivity index (χ3v) is 2.46. The second-order valence-corrected chi connectivity index (χ2v) is 4.05. The van der Waals surface area contributed by atoms with Crippen molar-refractivity contribution in [3.05, 3.63) is 6.20 Å². The van der Waals surface area contributed by atoms with Gasteiger partial charge in [-0.05, 0) is 5.24 Å². The zero-order valence-corrected chi connectivity index (χ0v) is 9.70. The minimum atomic E-state index is -1.66. The molecule has 2 heterocycles. The number of amides is 1. The topological polar surface area (TPSA) is 65.4 Å². The van der Waals surface area contributed by atoms with E-state index in [4.69, 9.17) is 33.0 Å². The van der Waals surface area contributed by atoms with Crippen molar-refractivity contribution in [2.75, 3.05) is 18.5 Å². The van der Waals surface area contributed by atoms with Crippen LogP contribution in [0.25, 0.3) is 0 Å². The van der Waals surface area contributed by atoms with Crippen LogP contribution in [-0.2, 0) is 14.8 Å². The fraction of sp³-hybridized carbons (Fsp3) is 0.556. The number of rotatable bonds is 5. The van der Waals surface area contributed by atoms with Gasteiger partial charge in [0.2, 0.25) is 6.41 Å². The molecule has 6 radical (unpaired) electrons. The van der Waals surface area contributed by atoms with Gasteiger partial charge in [-0.3, -0.25) is 9.48 Å². The van der Waals surface area contributed by atoms with E-state index in [0.717, 1.165) is 11.1 Å². The van der Waals surface area contributed by atoms with E-state index in [1.807, 2.05) is 0 Å². The van der Waals surface area contributed by atoms with Gasteiger partial charge in [0.25, 0.3) is 5.88 Å². The molecule has 1 aromatic heterocycles. The van der Waals surface area contributed by atoms with Crippen LogP contribution in [0, 0.1) is 0 Å². The molecule has 1 unspecified atom stereocenters. The fourth-order valence-electron chi connectivity index (χ4n) is 1.57. The lowest BCUT2D eigenvalue weighted by Crippen LogP contribution is -2.35. The second-order valence-electron chi connectivity index (χ2n) is 4.05. The van der Waals surface area contributed by atoms with Crippen molar-refractivity contribution in [3.63, 3.8) is 0 Å². The van der Waals surface area contributed by atoms with Gasteiger partial charge in [-0.25, -0.2) is 0 Å². The molecule has 1 N–H and O–H groups in total. The van der Waals surface area contributed by atoms with Crippen molar-refractivity contribution < 1.29 is 14.3 Å². The van der Waals surface area contributed by atoms with Crippen molar-refractivity contribution in [3.8, 4) is 5.88 Å². The molecule has 0 aromatic carbocycles. The Morgan fingerprint density at radius 1 is 1.61 bits per heavy atom. The highest BCUT2D eigenvalue weighted by molar-refractivity contribution is 6.56. The Hall–Kier alpha value is -1.37. The molecule has 6 nitrogen and oxygen atoms in total. The number of nitrogens with one attached hydrogen (secondary N) is 1. The molecular formula is C9H10B3N3O3. The molecule has 9 heteroatoms. The highest BCUT2D eigenvalue weighted by Gasteiger charge is 2.23. The normalized spacial score (nSPS) is 19.7. The van der Waals surface area contributed by atoms with Crippen molar-refractivity contribution in [1.29, 1.82) is 0 Å². The van der Waals surface area contributed by atoms with E-state index >= 15 is 0 Å². The Bertz CT molecular complexity index is 426. The minimum Gasteiger partial charge on any atom is -0.469 e. The van der Waals surface area contributed by atoms with Crippen LogP contribution in [-0.4, -0.2) is 59.0 Å². The largest absolute Gasteiger partial charge is 0.469 e. The molecule has 1 aliphatic rings. The first-order chi connectivity index (χ1) is 8.50. The number of carbonyl (C=O) groups is 1. The molecule has 18 heavy (non-hydrogen) atoms. The number of carbonyl (C=O) groups excluding carboxylic acids is 1. The average molecular weight is 241 g/mol. The van der Waals surface area contributed by atoms with Crippen LogP contribution < -0.4 is 10.1 Å². The molecule has 88 valence electrons. The summed E-state index contributed by atoms with van der Waals surface area (Å²) in [5, 5.41) is 4.79. The summed E-state index contributed by atoms with van der Waals surface area (Å²) in [5.41, 5.74) is 0.350. The molecule has 1 aromatic rings. The van der Waals surface area contributed by atoms with Gasteiger partial charge in [0, 0.05) is 6.42 Å². The highest BCUT2D eigenvalue weighted by atomic mass is 16.6. The molecule has 0 spiro atoms. The van der Waals surface area contributed by atoms with E-state index in [1.54, 1.807) is 0 Å². The lowest BCUT2D eigenvalue weighted by atomic mass is 9.49. The first-order valence-corrected chi connectivity index (χ1v) is 5.42. The zero-order chi connectivity index (χ0) is 13.2. The summed E-state index contributed by atoms with van der Waals surface area (Å²) < 4.78 is 11.9. The molecule has 1 amide bonds. The quantitative estimate of drug-likeness (QED) is 0.513. The first-order valence-electron chi connectivity index (χ1n) is 5.42. The third kappa shape index (κ3) is 2.90. The van der Waals surface area contributed by atoms with Crippen molar-refractivity contribution in [2.45, 2.75) is 17.8 Å². The Morgan fingerprint density at radius 2 is 2.39 bits per heavy atom. The molecule has 1 saturated heterocycles. The predicted molar refractivity (Wildman–Crippen MR) is 67.0 cm³/mol. The number of anilines is 1. The van der Waals surface area contributed by atoms with Crippen molar-refractivity contribution in [1.82, 2.24) is 9.78 Å². The summed E-state index contributed by atoms with van der Waals surface area (Å²) in [4.78, 5) is 10.5. The maximum atomic E-state index is 10.5. The molecule has 1 aliphatic heterocycles. The van der Waals surface area contributed by atoms with Crippen LogP contribution in [0.3, 0.4) is 0 Å². The smallest absolute Gasteiger partial charge is 0.257 e. The van der Waals surface area contributed by atoms with Gasteiger partial charge < -0.3 is 14.8 Å². The zero-order valence-electron chi connectivity index (χ0n) is 9.70. The molecule has 2 rings (SSSR count). The number of nitrogens with zero attached hydrogens (tertiary/aromatic N) is 2. The van der Waals surface area contributed by atoms with Crippen molar-refractivity contribution in [2.24, 2.45) is 0 Å². The molecule has 0 bridgehead atoms. The summed E-state index contributed by atoms with van der Waals surface area (Å²) in [6, 6.07) is 0. The van der Waals surface area contributed by atoms with E-state index in [9.17, 15) is 4.79 Å². The average Bonchev–Trinajstić information content (AvgIpc) is 2.89. The molecule has 1 atom stereocenters. The lowest BCUT2D eigenvalue weighted by Gasteiger charge is -2.20. The Morgan fingerprint density at radius 3 is 2.94 bits per heavy atom. The fourth-order valence-corrected chi connectivity index (χ4v) is 1.57. The number of aromatic nitrogens is 2. The van der Waals surface area contributed by atoms with Gasteiger partial charge in [-0.2, -0.15) is 0 Å². The van der Waals surface area contributed by atoms with Gasteiger partial charge in [-0.15, -0.1) is 5.10 Å². The first kappa shape index (κ1) is 13.1. The SMILES string of the molecule is [B]C([B])([B])n1cc(NC=O)c(OC2CCOC2)n1. The molecule has 0 saturated carbocycles.